The molecule has 21 heavy (non-hydrogen) atoms. The number of halogens is 2. The summed E-state index contributed by atoms with van der Waals surface area (Å²) in [6, 6.07) is 5.65. The molecular weight excluding hydrogens is 322 g/mol. The van der Waals surface area contributed by atoms with Crippen LogP contribution in [-0.4, -0.2) is 37.7 Å². The zero-order chi connectivity index (χ0) is 15.5. The molecule has 1 aromatic carbocycles. The van der Waals surface area contributed by atoms with Gasteiger partial charge in [0.25, 0.3) is 0 Å². The van der Waals surface area contributed by atoms with Gasteiger partial charge in [-0.15, -0.1) is 0 Å². The molecule has 116 valence electrons. The number of ether oxygens (including phenoxy) is 1. The summed E-state index contributed by atoms with van der Waals surface area (Å²) in [6.07, 6.45) is 0.519. The SMILES string of the molecule is O=S1(=O)CCC(NC(=S)Nc2ccc(OC(F)F)cc2)C1. The van der Waals surface area contributed by atoms with E-state index in [9.17, 15) is 17.2 Å². The molecule has 0 radical (unpaired) electrons. The Morgan fingerprint density at radius 2 is 2.00 bits per heavy atom. The number of thiocarbonyl (C=S) groups is 1. The molecule has 1 saturated heterocycles. The van der Waals surface area contributed by atoms with Crippen LogP contribution in [0.1, 0.15) is 6.42 Å². The van der Waals surface area contributed by atoms with Gasteiger partial charge >= 0.3 is 6.61 Å². The van der Waals surface area contributed by atoms with Gasteiger partial charge in [0.15, 0.2) is 14.9 Å². The molecule has 0 amide bonds. The molecule has 5 nitrogen and oxygen atoms in total. The summed E-state index contributed by atoms with van der Waals surface area (Å²) < 4.78 is 50.9. The Bertz CT molecular complexity index is 605. The Morgan fingerprint density at radius 1 is 1.33 bits per heavy atom. The van der Waals surface area contributed by atoms with E-state index >= 15 is 0 Å². The van der Waals surface area contributed by atoms with E-state index in [2.05, 4.69) is 15.4 Å². The first-order chi connectivity index (χ1) is 9.84. The molecule has 1 aliphatic rings. The predicted molar refractivity (Wildman–Crippen MR) is 79.5 cm³/mol. The number of nitrogens with one attached hydrogen (secondary N) is 2. The highest BCUT2D eigenvalue weighted by atomic mass is 32.2. The number of hydrogen-bond acceptors (Lipinski definition) is 4. The third-order valence-electron chi connectivity index (χ3n) is 2.91. The monoisotopic (exact) mass is 336 g/mol. The molecule has 1 fully saturated rings. The minimum atomic E-state index is -2.97. The summed E-state index contributed by atoms with van der Waals surface area (Å²) >= 11 is 5.08. The molecule has 9 heteroatoms. The maximum Gasteiger partial charge on any atom is 0.387 e. The van der Waals surface area contributed by atoms with Gasteiger partial charge in [0.05, 0.1) is 11.5 Å². The maximum absolute atomic E-state index is 12.0. The number of rotatable bonds is 4. The molecule has 0 bridgehead atoms. The van der Waals surface area contributed by atoms with Gasteiger partial charge in [-0.1, -0.05) is 0 Å². The van der Waals surface area contributed by atoms with Crippen LogP contribution in [0.3, 0.4) is 0 Å². The van der Waals surface area contributed by atoms with Crippen molar-refractivity contribution in [1.82, 2.24) is 5.32 Å². The van der Waals surface area contributed by atoms with Crippen molar-refractivity contribution in [2.45, 2.75) is 19.1 Å². The predicted octanol–water partition coefficient (Wildman–Crippen LogP) is 1.76. The molecule has 2 rings (SSSR count). The Morgan fingerprint density at radius 3 is 2.52 bits per heavy atom. The summed E-state index contributed by atoms with van der Waals surface area (Å²) in [5.74, 6) is 0.277. The first-order valence-corrected chi connectivity index (χ1v) is 8.40. The summed E-state index contributed by atoms with van der Waals surface area (Å²) in [7, 11) is -2.97. The van der Waals surface area contributed by atoms with Crippen molar-refractivity contribution < 1.29 is 21.9 Å². The average molecular weight is 336 g/mol. The van der Waals surface area contributed by atoms with E-state index in [1.54, 1.807) is 0 Å². The number of anilines is 1. The van der Waals surface area contributed by atoms with Gasteiger partial charge < -0.3 is 15.4 Å². The summed E-state index contributed by atoms with van der Waals surface area (Å²) in [5.41, 5.74) is 0.593. The fraction of sp³-hybridized carbons (Fsp3) is 0.417. The van der Waals surface area contributed by atoms with Crippen LogP contribution >= 0.6 is 12.2 Å². The molecule has 0 spiro atoms. The van der Waals surface area contributed by atoms with Crippen molar-refractivity contribution >= 4 is 32.9 Å². The zero-order valence-corrected chi connectivity index (χ0v) is 12.5. The number of alkyl halides is 2. The van der Waals surface area contributed by atoms with E-state index in [1.807, 2.05) is 0 Å². The lowest BCUT2D eigenvalue weighted by atomic mass is 10.3. The fourth-order valence-electron chi connectivity index (χ4n) is 1.98. The van der Waals surface area contributed by atoms with E-state index in [4.69, 9.17) is 12.2 Å². The van der Waals surface area contributed by atoms with Crippen molar-refractivity contribution in [2.24, 2.45) is 0 Å². The van der Waals surface area contributed by atoms with Crippen LogP contribution in [0.15, 0.2) is 24.3 Å². The van der Waals surface area contributed by atoms with Crippen molar-refractivity contribution in [1.29, 1.82) is 0 Å². The maximum atomic E-state index is 12.0. The third-order valence-corrected chi connectivity index (χ3v) is 4.89. The summed E-state index contributed by atoms with van der Waals surface area (Å²) in [6.45, 7) is -2.86. The van der Waals surface area contributed by atoms with Crippen LogP contribution in [0.25, 0.3) is 0 Å². The highest BCUT2D eigenvalue weighted by molar-refractivity contribution is 7.91. The van der Waals surface area contributed by atoms with E-state index in [-0.39, 0.29) is 23.3 Å². The largest absolute Gasteiger partial charge is 0.435 e. The highest BCUT2D eigenvalue weighted by Crippen LogP contribution is 2.18. The van der Waals surface area contributed by atoms with Crippen LogP contribution < -0.4 is 15.4 Å². The lowest BCUT2D eigenvalue weighted by Crippen LogP contribution is -2.38. The van der Waals surface area contributed by atoms with Crippen LogP contribution in [0.4, 0.5) is 14.5 Å². The Kier molecular flexibility index (Phi) is 4.94. The second-order valence-electron chi connectivity index (χ2n) is 4.60. The van der Waals surface area contributed by atoms with Crippen LogP contribution in [0.2, 0.25) is 0 Å². The van der Waals surface area contributed by atoms with E-state index in [0.29, 0.717) is 17.2 Å². The minimum absolute atomic E-state index is 0.0521. The zero-order valence-electron chi connectivity index (χ0n) is 10.9. The molecule has 2 N–H and O–H groups in total. The molecule has 0 aromatic heterocycles. The molecule has 1 aromatic rings. The number of benzene rings is 1. The van der Waals surface area contributed by atoms with Gasteiger partial charge in [0.2, 0.25) is 0 Å². The van der Waals surface area contributed by atoms with Gasteiger partial charge in [-0.3, -0.25) is 0 Å². The van der Waals surface area contributed by atoms with Gasteiger partial charge in [-0.05, 0) is 42.9 Å². The molecule has 1 aliphatic heterocycles. The van der Waals surface area contributed by atoms with Gasteiger partial charge in [-0.2, -0.15) is 8.78 Å². The first-order valence-electron chi connectivity index (χ1n) is 6.17. The fourth-order valence-corrected chi connectivity index (χ4v) is 3.94. The molecular formula is C12H14F2N2O3S2. The Balaban J connectivity index is 1.85. The van der Waals surface area contributed by atoms with E-state index in [0.717, 1.165) is 0 Å². The summed E-state index contributed by atoms with van der Waals surface area (Å²) in [4.78, 5) is 0. The van der Waals surface area contributed by atoms with E-state index < -0.39 is 16.4 Å². The van der Waals surface area contributed by atoms with Gasteiger partial charge in [0.1, 0.15) is 5.75 Å². The Labute approximate surface area is 126 Å². The highest BCUT2D eigenvalue weighted by Gasteiger charge is 2.28. The van der Waals surface area contributed by atoms with Crippen LogP contribution in [0, 0.1) is 0 Å². The minimum Gasteiger partial charge on any atom is -0.435 e. The van der Waals surface area contributed by atoms with Crippen LogP contribution in [-0.2, 0) is 9.84 Å². The normalized spacial score (nSPS) is 20.2. The number of hydrogen-bond donors (Lipinski definition) is 2. The first kappa shape index (κ1) is 15.9. The van der Waals surface area contributed by atoms with Crippen molar-refractivity contribution in [3.8, 4) is 5.75 Å². The molecule has 1 atom stereocenters. The number of sulfone groups is 1. The molecule has 0 aliphatic carbocycles. The quantitative estimate of drug-likeness (QED) is 0.817. The standard InChI is InChI=1S/C12H14F2N2O3S2/c13-11(14)19-10-3-1-8(2-4-10)15-12(20)16-9-5-6-21(17,18)7-9/h1-4,9,11H,5-7H2,(H2,15,16,20). The molecule has 1 heterocycles. The molecule has 1 unspecified atom stereocenters. The molecule has 0 saturated carbocycles. The average Bonchev–Trinajstić information content (AvgIpc) is 2.70. The topological polar surface area (TPSA) is 67.4 Å². The smallest absolute Gasteiger partial charge is 0.387 e. The van der Waals surface area contributed by atoms with Crippen molar-refractivity contribution in [3.05, 3.63) is 24.3 Å². The lowest BCUT2D eigenvalue weighted by Gasteiger charge is -2.15. The van der Waals surface area contributed by atoms with Crippen molar-refractivity contribution in [2.75, 3.05) is 16.8 Å². The lowest BCUT2D eigenvalue weighted by molar-refractivity contribution is -0.0498. The van der Waals surface area contributed by atoms with Gasteiger partial charge in [0, 0.05) is 11.7 Å². The Hall–Kier alpha value is -1.48. The van der Waals surface area contributed by atoms with Crippen molar-refractivity contribution in [3.63, 3.8) is 0 Å². The second kappa shape index (κ2) is 6.52. The summed E-state index contributed by atoms with van der Waals surface area (Å²) in [5, 5.41) is 6.07. The van der Waals surface area contributed by atoms with E-state index in [1.165, 1.54) is 24.3 Å². The second-order valence-corrected chi connectivity index (χ2v) is 7.24. The third kappa shape index (κ3) is 5.09. The van der Waals surface area contributed by atoms with Gasteiger partial charge in [-0.25, -0.2) is 8.42 Å². The van der Waals surface area contributed by atoms with Crippen LogP contribution in [0.5, 0.6) is 5.75 Å².